The van der Waals surface area contributed by atoms with Crippen molar-refractivity contribution in [1.82, 2.24) is 9.88 Å². The average Bonchev–Trinajstić information content (AvgIpc) is 2.69. The van der Waals surface area contributed by atoms with E-state index in [1.54, 1.807) is 24.5 Å². The molecule has 1 saturated heterocycles. The highest BCUT2D eigenvalue weighted by atomic mass is 16.3. The first-order valence-corrected chi connectivity index (χ1v) is 9.19. The minimum atomic E-state index is -0.832. The molecule has 4 rings (SSSR count). The first-order valence-electron chi connectivity index (χ1n) is 9.19. The predicted molar refractivity (Wildman–Crippen MR) is 96.0 cm³/mol. The maximum Gasteiger partial charge on any atom is 0.254 e. The Morgan fingerprint density at radius 3 is 2.56 bits per heavy atom. The van der Waals surface area contributed by atoms with Crippen LogP contribution in [0.15, 0.2) is 54.9 Å². The van der Waals surface area contributed by atoms with Gasteiger partial charge in [-0.15, -0.1) is 0 Å². The highest BCUT2D eigenvalue weighted by molar-refractivity contribution is 5.94. The zero-order chi connectivity index (χ0) is 17.3. The Hall–Kier alpha value is -2.20. The number of rotatable bonds is 2. The van der Waals surface area contributed by atoms with E-state index in [1.165, 1.54) is 0 Å². The Kier molecular flexibility index (Phi) is 4.30. The highest BCUT2D eigenvalue weighted by Gasteiger charge is 2.50. The van der Waals surface area contributed by atoms with Crippen LogP contribution >= 0.6 is 0 Å². The monoisotopic (exact) mass is 336 g/mol. The molecule has 1 N–H and O–H groups in total. The van der Waals surface area contributed by atoms with E-state index in [0.717, 1.165) is 31.2 Å². The van der Waals surface area contributed by atoms with Crippen molar-refractivity contribution in [3.8, 4) is 0 Å². The fraction of sp³-hybridized carbons (Fsp3) is 0.429. The van der Waals surface area contributed by atoms with Gasteiger partial charge < -0.3 is 10.0 Å². The first-order chi connectivity index (χ1) is 12.2. The van der Waals surface area contributed by atoms with Gasteiger partial charge in [0.05, 0.1) is 5.60 Å². The molecule has 4 nitrogen and oxygen atoms in total. The number of carbonyl (C=O) groups excluding carboxylic acids is 1. The number of aromatic nitrogens is 1. The second-order valence-electron chi connectivity index (χ2n) is 7.23. The van der Waals surface area contributed by atoms with E-state index in [9.17, 15) is 9.90 Å². The second-order valence-corrected chi connectivity index (χ2v) is 7.23. The summed E-state index contributed by atoms with van der Waals surface area (Å²) in [6, 6.07) is 13.6. The van der Waals surface area contributed by atoms with Crippen LogP contribution in [0.2, 0.25) is 0 Å². The van der Waals surface area contributed by atoms with Gasteiger partial charge in [-0.05, 0) is 37.0 Å². The van der Waals surface area contributed by atoms with Crippen LogP contribution in [0.4, 0.5) is 0 Å². The topological polar surface area (TPSA) is 53.4 Å². The van der Waals surface area contributed by atoms with Crippen LogP contribution in [-0.2, 0) is 5.60 Å². The number of hydrogen-bond acceptors (Lipinski definition) is 3. The molecule has 1 aliphatic carbocycles. The van der Waals surface area contributed by atoms with Crippen molar-refractivity contribution >= 4 is 5.91 Å². The summed E-state index contributed by atoms with van der Waals surface area (Å²) in [6.45, 7) is 0.591. The molecule has 1 amide bonds. The summed E-state index contributed by atoms with van der Waals surface area (Å²) < 4.78 is 0. The molecule has 2 fully saturated rings. The number of hydrogen-bond donors (Lipinski definition) is 1. The summed E-state index contributed by atoms with van der Waals surface area (Å²) in [6.07, 6.45) is 8.09. The standard InChI is InChI=1S/C21H24N2O2/c24-20(16-10-13-22-14-11-16)23-15-12-21(25,17-6-2-1-3-7-17)18-8-4-5-9-19(18)23/h1-3,6-7,10-11,13-14,18-19,25H,4-5,8-9,12,15H2. The van der Waals surface area contributed by atoms with Gasteiger partial charge in [0.15, 0.2) is 0 Å². The number of pyridine rings is 1. The van der Waals surface area contributed by atoms with E-state index in [4.69, 9.17) is 0 Å². The van der Waals surface area contributed by atoms with Crippen LogP contribution in [0.3, 0.4) is 0 Å². The van der Waals surface area contributed by atoms with E-state index >= 15 is 0 Å². The number of fused-ring (bicyclic) bond motifs is 1. The van der Waals surface area contributed by atoms with E-state index < -0.39 is 5.60 Å². The molecule has 0 spiro atoms. The lowest BCUT2D eigenvalue weighted by Gasteiger charge is -2.52. The number of carbonyl (C=O) groups is 1. The first kappa shape index (κ1) is 16.3. The molecule has 1 aliphatic heterocycles. The summed E-state index contributed by atoms with van der Waals surface area (Å²) in [7, 11) is 0. The Labute approximate surface area is 148 Å². The maximum absolute atomic E-state index is 13.0. The van der Waals surface area contributed by atoms with Gasteiger partial charge in [0.25, 0.3) is 5.91 Å². The molecule has 25 heavy (non-hydrogen) atoms. The van der Waals surface area contributed by atoms with Crippen LogP contribution in [0, 0.1) is 5.92 Å². The maximum atomic E-state index is 13.0. The normalized spacial score (nSPS) is 29.1. The molecular weight excluding hydrogens is 312 g/mol. The van der Waals surface area contributed by atoms with Gasteiger partial charge in [-0.3, -0.25) is 9.78 Å². The number of amides is 1. The smallest absolute Gasteiger partial charge is 0.254 e. The average molecular weight is 336 g/mol. The fourth-order valence-corrected chi connectivity index (χ4v) is 4.68. The van der Waals surface area contributed by atoms with E-state index in [1.807, 2.05) is 35.2 Å². The van der Waals surface area contributed by atoms with Crippen LogP contribution in [0.25, 0.3) is 0 Å². The van der Waals surface area contributed by atoms with Gasteiger partial charge in [0.2, 0.25) is 0 Å². The zero-order valence-electron chi connectivity index (χ0n) is 14.3. The Balaban J connectivity index is 1.66. The summed E-state index contributed by atoms with van der Waals surface area (Å²) in [5.74, 6) is 0.164. The molecule has 4 heteroatoms. The van der Waals surface area contributed by atoms with Gasteiger partial charge >= 0.3 is 0 Å². The number of piperidine rings is 1. The lowest BCUT2D eigenvalue weighted by Crippen LogP contribution is -2.58. The number of likely N-dealkylation sites (tertiary alicyclic amines) is 1. The van der Waals surface area contributed by atoms with E-state index in [2.05, 4.69) is 4.98 Å². The summed E-state index contributed by atoms with van der Waals surface area (Å²) in [4.78, 5) is 19.0. The third kappa shape index (κ3) is 2.85. The number of aliphatic hydroxyl groups is 1. The Morgan fingerprint density at radius 1 is 1.08 bits per heavy atom. The Bertz CT molecular complexity index is 734. The van der Waals surface area contributed by atoms with Crippen molar-refractivity contribution in [3.05, 3.63) is 66.0 Å². The summed E-state index contributed by atoms with van der Waals surface area (Å²) >= 11 is 0. The van der Waals surface area contributed by atoms with Crippen molar-refractivity contribution < 1.29 is 9.90 Å². The molecule has 0 radical (unpaired) electrons. The SMILES string of the molecule is O=C(c1ccncc1)N1CCC(O)(c2ccccc2)C2CCCCC21. The van der Waals surface area contributed by atoms with E-state index in [-0.39, 0.29) is 17.9 Å². The molecular formula is C21H24N2O2. The molecule has 1 aromatic carbocycles. The number of nitrogens with zero attached hydrogens (tertiary/aromatic N) is 2. The minimum Gasteiger partial charge on any atom is -0.385 e. The molecule has 3 unspecified atom stereocenters. The van der Waals surface area contributed by atoms with Gasteiger partial charge in [0, 0.05) is 36.5 Å². The quantitative estimate of drug-likeness (QED) is 0.915. The molecule has 2 aromatic rings. The molecule has 2 aliphatic rings. The molecule has 1 aromatic heterocycles. The summed E-state index contributed by atoms with van der Waals surface area (Å²) in [5.41, 5.74) is 0.842. The lowest BCUT2D eigenvalue weighted by atomic mass is 9.66. The highest BCUT2D eigenvalue weighted by Crippen LogP contribution is 2.47. The van der Waals surface area contributed by atoms with Crippen molar-refractivity contribution in [3.63, 3.8) is 0 Å². The van der Waals surface area contributed by atoms with Crippen molar-refractivity contribution in [2.24, 2.45) is 5.92 Å². The molecule has 130 valence electrons. The summed E-state index contributed by atoms with van der Waals surface area (Å²) in [5, 5.41) is 11.6. The second kappa shape index (κ2) is 6.60. The van der Waals surface area contributed by atoms with Gasteiger partial charge in [-0.25, -0.2) is 0 Å². The molecule has 2 heterocycles. The van der Waals surface area contributed by atoms with Crippen molar-refractivity contribution in [1.29, 1.82) is 0 Å². The molecule has 3 atom stereocenters. The largest absolute Gasteiger partial charge is 0.385 e. The van der Waals surface area contributed by atoms with Gasteiger partial charge in [0.1, 0.15) is 0 Å². The Morgan fingerprint density at radius 2 is 1.80 bits per heavy atom. The zero-order valence-corrected chi connectivity index (χ0v) is 14.3. The van der Waals surface area contributed by atoms with E-state index in [0.29, 0.717) is 18.5 Å². The van der Waals surface area contributed by atoms with Crippen LogP contribution < -0.4 is 0 Å². The molecule has 1 saturated carbocycles. The van der Waals surface area contributed by atoms with Crippen LogP contribution in [-0.4, -0.2) is 33.5 Å². The fourth-order valence-electron chi connectivity index (χ4n) is 4.68. The van der Waals surface area contributed by atoms with Gasteiger partial charge in [-0.2, -0.15) is 0 Å². The van der Waals surface area contributed by atoms with Crippen LogP contribution in [0.1, 0.15) is 48.0 Å². The van der Waals surface area contributed by atoms with Crippen molar-refractivity contribution in [2.45, 2.75) is 43.7 Å². The third-order valence-electron chi connectivity index (χ3n) is 5.94. The van der Waals surface area contributed by atoms with Gasteiger partial charge in [-0.1, -0.05) is 43.2 Å². The third-order valence-corrected chi connectivity index (χ3v) is 5.94. The minimum absolute atomic E-state index is 0.0643. The van der Waals surface area contributed by atoms with Crippen LogP contribution in [0.5, 0.6) is 0 Å². The number of benzene rings is 1. The predicted octanol–water partition coefficient (Wildman–Crippen LogP) is 3.37. The lowest BCUT2D eigenvalue weighted by molar-refractivity contribution is -0.110. The molecule has 0 bridgehead atoms. The van der Waals surface area contributed by atoms with Crippen molar-refractivity contribution in [2.75, 3.05) is 6.54 Å².